The minimum absolute atomic E-state index is 0.0107. The third-order valence-corrected chi connectivity index (χ3v) is 6.10. The Kier molecular flexibility index (Phi) is 6.50. The summed E-state index contributed by atoms with van der Waals surface area (Å²) in [6, 6.07) is 6.68. The summed E-state index contributed by atoms with van der Waals surface area (Å²) < 4.78 is 26.7. The SMILES string of the molecule is NNC(=O)CN(c1cc(Cl)c(Cl)cc1Cl)S(=O)(=O)c1cccc([N+](=O)[O-])c1. The monoisotopic (exact) mass is 452 g/mol. The number of nitro benzene ring substituents is 1. The second-order valence-electron chi connectivity index (χ2n) is 5.05. The minimum Gasteiger partial charge on any atom is -0.293 e. The summed E-state index contributed by atoms with van der Waals surface area (Å²) in [5.74, 6) is 4.19. The number of halogens is 3. The molecular weight excluding hydrogens is 443 g/mol. The van der Waals surface area contributed by atoms with Crippen LogP contribution in [0, 0.1) is 10.1 Å². The molecule has 144 valence electrons. The molecule has 9 nitrogen and oxygen atoms in total. The van der Waals surface area contributed by atoms with E-state index in [4.69, 9.17) is 40.6 Å². The highest BCUT2D eigenvalue weighted by Crippen LogP contribution is 2.37. The van der Waals surface area contributed by atoms with Crippen molar-refractivity contribution in [1.82, 2.24) is 5.43 Å². The molecule has 0 saturated carbocycles. The number of nitrogens with one attached hydrogen (secondary N) is 1. The van der Waals surface area contributed by atoms with Crippen molar-refractivity contribution in [2.75, 3.05) is 10.8 Å². The second kappa shape index (κ2) is 8.28. The Bertz CT molecular complexity index is 1020. The lowest BCUT2D eigenvalue weighted by Gasteiger charge is -2.25. The number of carbonyl (C=O) groups is 1. The zero-order valence-electron chi connectivity index (χ0n) is 13.2. The number of nitro groups is 1. The van der Waals surface area contributed by atoms with Crippen LogP contribution in [0.15, 0.2) is 41.3 Å². The molecule has 2 aromatic rings. The van der Waals surface area contributed by atoms with E-state index in [9.17, 15) is 23.3 Å². The van der Waals surface area contributed by atoms with Crippen LogP contribution >= 0.6 is 34.8 Å². The summed E-state index contributed by atoms with van der Waals surface area (Å²) in [6.07, 6.45) is 0. The van der Waals surface area contributed by atoms with Crippen molar-refractivity contribution in [2.45, 2.75) is 4.90 Å². The number of hydrogen-bond donors (Lipinski definition) is 2. The normalized spacial score (nSPS) is 11.1. The van der Waals surface area contributed by atoms with Crippen molar-refractivity contribution in [3.63, 3.8) is 0 Å². The lowest BCUT2D eigenvalue weighted by molar-refractivity contribution is -0.385. The van der Waals surface area contributed by atoms with E-state index >= 15 is 0 Å². The van der Waals surface area contributed by atoms with E-state index < -0.39 is 38.0 Å². The maximum atomic E-state index is 13.1. The van der Waals surface area contributed by atoms with Crippen molar-refractivity contribution in [2.24, 2.45) is 5.84 Å². The summed E-state index contributed by atoms with van der Waals surface area (Å²) in [7, 11) is -4.44. The topological polar surface area (TPSA) is 136 Å². The van der Waals surface area contributed by atoms with Crippen LogP contribution in [0.5, 0.6) is 0 Å². The van der Waals surface area contributed by atoms with Gasteiger partial charge in [0.1, 0.15) is 6.54 Å². The van der Waals surface area contributed by atoms with Gasteiger partial charge in [-0.25, -0.2) is 14.3 Å². The highest BCUT2D eigenvalue weighted by Gasteiger charge is 2.30. The zero-order valence-corrected chi connectivity index (χ0v) is 16.3. The number of hydrogen-bond acceptors (Lipinski definition) is 6. The molecule has 0 aliphatic rings. The van der Waals surface area contributed by atoms with Gasteiger partial charge in [0.2, 0.25) is 0 Å². The molecule has 2 aromatic carbocycles. The van der Waals surface area contributed by atoms with Crippen LogP contribution in [0.1, 0.15) is 0 Å². The number of amides is 1. The van der Waals surface area contributed by atoms with E-state index in [0.29, 0.717) is 4.31 Å². The molecule has 0 spiro atoms. The molecule has 13 heteroatoms. The summed E-state index contributed by atoms with van der Waals surface area (Å²) in [5.41, 5.74) is 1.21. The number of anilines is 1. The molecule has 0 unspecified atom stereocenters. The summed E-state index contributed by atoms with van der Waals surface area (Å²) in [6.45, 7) is -0.751. The van der Waals surface area contributed by atoms with Crippen LogP contribution in [-0.4, -0.2) is 25.8 Å². The second-order valence-corrected chi connectivity index (χ2v) is 8.14. The first-order valence-electron chi connectivity index (χ1n) is 6.99. The van der Waals surface area contributed by atoms with Gasteiger partial charge in [-0.3, -0.25) is 24.6 Å². The van der Waals surface area contributed by atoms with E-state index in [0.717, 1.165) is 24.3 Å². The van der Waals surface area contributed by atoms with Crippen LogP contribution < -0.4 is 15.6 Å². The van der Waals surface area contributed by atoms with Crippen molar-refractivity contribution < 1.29 is 18.1 Å². The van der Waals surface area contributed by atoms with Gasteiger partial charge in [0.15, 0.2) is 0 Å². The highest BCUT2D eigenvalue weighted by atomic mass is 35.5. The fraction of sp³-hybridized carbons (Fsp3) is 0.0714. The Labute approximate surface area is 168 Å². The lowest BCUT2D eigenvalue weighted by atomic mass is 10.3. The molecule has 0 aromatic heterocycles. The zero-order chi connectivity index (χ0) is 20.4. The maximum Gasteiger partial charge on any atom is 0.270 e. The number of non-ortho nitro benzene ring substituents is 1. The number of hydrazine groups is 1. The molecule has 0 heterocycles. The molecule has 0 fully saturated rings. The van der Waals surface area contributed by atoms with E-state index in [2.05, 4.69) is 0 Å². The average molecular weight is 454 g/mol. The third-order valence-electron chi connectivity index (χ3n) is 3.32. The van der Waals surface area contributed by atoms with Gasteiger partial charge in [0.05, 0.1) is 30.6 Å². The van der Waals surface area contributed by atoms with E-state index in [-0.39, 0.29) is 20.8 Å². The van der Waals surface area contributed by atoms with Crippen LogP contribution in [0.2, 0.25) is 15.1 Å². The van der Waals surface area contributed by atoms with Gasteiger partial charge in [-0.05, 0) is 18.2 Å². The number of nitrogens with zero attached hydrogens (tertiary/aromatic N) is 2. The van der Waals surface area contributed by atoms with Crippen molar-refractivity contribution in [3.8, 4) is 0 Å². The molecule has 0 bridgehead atoms. The van der Waals surface area contributed by atoms with Crippen LogP contribution in [0.4, 0.5) is 11.4 Å². The van der Waals surface area contributed by atoms with Gasteiger partial charge in [-0.2, -0.15) is 0 Å². The lowest BCUT2D eigenvalue weighted by Crippen LogP contribution is -2.43. The molecule has 1 amide bonds. The number of nitrogens with two attached hydrogens (primary N) is 1. The Morgan fingerprint density at radius 1 is 1.15 bits per heavy atom. The summed E-state index contributed by atoms with van der Waals surface area (Å²) >= 11 is 17.9. The first-order chi connectivity index (χ1) is 12.6. The molecule has 2 rings (SSSR count). The molecular formula is C14H11Cl3N4O5S. The van der Waals surface area contributed by atoms with Gasteiger partial charge in [0, 0.05) is 12.1 Å². The first kappa shape index (κ1) is 21.2. The molecule has 0 aliphatic heterocycles. The number of sulfonamides is 1. The van der Waals surface area contributed by atoms with Gasteiger partial charge in [-0.15, -0.1) is 0 Å². The molecule has 0 saturated heterocycles. The van der Waals surface area contributed by atoms with Crippen molar-refractivity contribution in [1.29, 1.82) is 0 Å². The number of rotatable bonds is 6. The molecule has 0 radical (unpaired) electrons. The van der Waals surface area contributed by atoms with Gasteiger partial charge >= 0.3 is 0 Å². The van der Waals surface area contributed by atoms with Gasteiger partial charge < -0.3 is 0 Å². The molecule has 0 atom stereocenters. The standard InChI is InChI=1S/C14H11Cl3N4O5S/c15-10-5-12(17)13(6-11(10)16)20(7-14(22)19-18)27(25,26)9-3-1-2-8(4-9)21(23)24/h1-6H,7,18H2,(H,19,22). The average Bonchev–Trinajstić information content (AvgIpc) is 2.62. The number of carbonyl (C=O) groups excluding carboxylic acids is 1. The Morgan fingerprint density at radius 2 is 1.78 bits per heavy atom. The number of benzene rings is 2. The van der Waals surface area contributed by atoms with E-state index in [1.165, 1.54) is 12.1 Å². The van der Waals surface area contributed by atoms with Crippen molar-refractivity contribution >= 4 is 62.1 Å². The Morgan fingerprint density at radius 3 is 2.37 bits per heavy atom. The van der Waals surface area contributed by atoms with Gasteiger partial charge in [-0.1, -0.05) is 40.9 Å². The quantitative estimate of drug-likeness (QED) is 0.227. The predicted molar refractivity (Wildman–Crippen MR) is 101 cm³/mol. The third kappa shape index (κ3) is 4.60. The van der Waals surface area contributed by atoms with E-state index in [1.807, 2.05) is 5.43 Å². The smallest absolute Gasteiger partial charge is 0.270 e. The summed E-state index contributed by atoms with van der Waals surface area (Å²) in [4.78, 5) is 21.5. The molecule has 0 aliphatic carbocycles. The predicted octanol–water partition coefficient (Wildman–Crippen LogP) is 2.74. The van der Waals surface area contributed by atoms with Crippen LogP contribution in [0.3, 0.4) is 0 Å². The summed E-state index contributed by atoms with van der Waals surface area (Å²) in [5, 5.41) is 10.9. The maximum absolute atomic E-state index is 13.1. The van der Waals surface area contributed by atoms with Gasteiger partial charge in [0.25, 0.3) is 21.6 Å². The van der Waals surface area contributed by atoms with E-state index in [1.54, 1.807) is 0 Å². The fourth-order valence-corrected chi connectivity index (χ4v) is 4.23. The molecule has 3 N–H and O–H groups in total. The Hall–Kier alpha value is -2.11. The van der Waals surface area contributed by atoms with Crippen LogP contribution in [0.25, 0.3) is 0 Å². The first-order valence-corrected chi connectivity index (χ1v) is 9.56. The minimum atomic E-state index is -4.44. The molecule has 27 heavy (non-hydrogen) atoms. The van der Waals surface area contributed by atoms with Crippen LogP contribution in [-0.2, 0) is 14.8 Å². The van der Waals surface area contributed by atoms with Crippen molar-refractivity contribution in [3.05, 3.63) is 61.6 Å². The largest absolute Gasteiger partial charge is 0.293 e. The highest BCUT2D eigenvalue weighted by molar-refractivity contribution is 7.92. The Balaban J connectivity index is 2.67. The fourth-order valence-electron chi connectivity index (χ4n) is 2.06.